The van der Waals surface area contributed by atoms with Crippen LogP contribution < -0.4 is 21.7 Å². The molecule has 0 aliphatic rings. The number of ether oxygens (including phenoxy) is 1. The SMILES string of the molecule is CC(C)(C)OC(=O)Nc1ccc(CNC(=O)c2cccc3c2cnn3-c2ccc(F)cc2)cn1.Nc1ccc(CNC(=O)c2cccc3c2cnn3-c2ccc(F)cc2)cn1. The van der Waals surface area contributed by atoms with Gasteiger partial charge in [-0.2, -0.15) is 10.2 Å². The van der Waals surface area contributed by atoms with Crippen LogP contribution in [0.2, 0.25) is 0 Å². The molecular formula is C45H40F2N10O4. The lowest BCUT2D eigenvalue weighted by molar-refractivity contribution is 0.0634. The highest BCUT2D eigenvalue weighted by Crippen LogP contribution is 2.24. The first-order valence-electron chi connectivity index (χ1n) is 19.0. The molecule has 0 saturated heterocycles. The summed E-state index contributed by atoms with van der Waals surface area (Å²) in [5.41, 5.74) is 10.5. The van der Waals surface area contributed by atoms with Crippen LogP contribution in [0.5, 0.6) is 0 Å². The molecule has 0 unspecified atom stereocenters. The second-order valence-corrected chi connectivity index (χ2v) is 14.7. The summed E-state index contributed by atoms with van der Waals surface area (Å²) in [4.78, 5) is 45.6. The number of nitrogens with zero attached hydrogens (tertiary/aromatic N) is 6. The summed E-state index contributed by atoms with van der Waals surface area (Å²) < 4.78 is 35.0. The van der Waals surface area contributed by atoms with E-state index in [1.165, 1.54) is 24.3 Å². The maximum atomic E-state index is 13.3. The topological polar surface area (TPSA) is 184 Å². The second-order valence-electron chi connectivity index (χ2n) is 14.7. The zero-order valence-electron chi connectivity index (χ0n) is 33.3. The molecule has 61 heavy (non-hydrogen) atoms. The fraction of sp³-hybridized carbons (Fsp3) is 0.133. The van der Waals surface area contributed by atoms with Gasteiger partial charge in [-0.15, -0.1) is 0 Å². The van der Waals surface area contributed by atoms with Crippen LogP contribution in [-0.4, -0.2) is 53.0 Å². The molecular weight excluding hydrogens is 783 g/mol. The number of fused-ring (bicyclic) bond motifs is 2. The molecule has 5 N–H and O–H groups in total. The van der Waals surface area contributed by atoms with Crippen molar-refractivity contribution in [2.24, 2.45) is 0 Å². The Hall–Kier alpha value is -8.01. The van der Waals surface area contributed by atoms with E-state index in [2.05, 4.69) is 36.1 Å². The molecule has 0 saturated carbocycles. The Kier molecular flexibility index (Phi) is 12.1. The van der Waals surface area contributed by atoms with E-state index in [0.717, 1.165) is 33.2 Å². The highest BCUT2D eigenvalue weighted by Gasteiger charge is 2.18. The fourth-order valence-electron chi connectivity index (χ4n) is 6.18. The van der Waals surface area contributed by atoms with Crippen LogP contribution in [0.4, 0.5) is 25.2 Å². The highest BCUT2D eigenvalue weighted by molar-refractivity contribution is 6.07. The molecule has 0 bridgehead atoms. The third-order valence-electron chi connectivity index (χ3n) is 9.07. The summed E-state index contributed by atoms with van der Waals surface area (Å²) in [6, 6.07) is 29.7. The number of rotatable bonds is 9. The number of amides is 3. The van der Waals surface area contributed by atoms with Gasteiger partial charge in [0.15, 0.2) is 0 Å². The van der Waals surface area contributed by atoms with Crippen molar-refractivity contribution in [1.29, 1.82) is 0 Å². The molecule has 16 heteroatoms. The summed E-state index contributed by atoms with van der Waals surface area (Å²) in [7, 11) is 0. The van der Waals surface area contributed by atoms with Crippen LogP contribution >= 0.6 is 0 Å². The second kappa shape index (κ2) is 17.9. The number of carbonyl (C=O) groups is 3. The molecule has 0 aliphatic carbocycles. The average Bonchev–Trinajstić information content (AvgIpc) is 3.88. The Balaban J connectivity index is 0.000000189. The first kappa shape index (κ1) is 41.2. The van der Waals surface area contributed by atoms with Gasteiger partial charge in [-0.05, 0) is 117 Å². The standard InChI is InChI=1S/C25H24FN5O3.C20H16FN5O/c1-25(2,3)34-24(33)30-22-12-7-16(13-27-22)14-28-23(32)19-5-4-6-21-20(19)15-29-31(21)18-10-8-17(26)9-11-18;21-14-5-7-15(8-6-14)26-18-3-1-2-16(17(18)12-25-26)20(27)24-11-13-4-9-19(22)23-10-13/h4-13,15H,14H2,1-3H3,(H,28,32)(H,27,30,33);1-10,12H,11H2,(H2,22,23)(H,24,27). The minimum Gasteiger partial charge on any atom is -0.444 e. The van der Waals surface area contributed by atoms with Gasteiger partial charge < -0.3 is 21.1 Å². The van der Waals surface area contributed by atoms with Gasteiger partial charge in [-0.3, -0.25) is 14.9 Å². The van der Waals surface area contributed by atoms with E-state index >= 15 is 0 Å². The number of nitrogen functional groups attached to an aromatic ring is 1. The number of nitrogens with one attached hydrogen (secondary N) is 3. The van der Waals surface area contributed by atoms with Crippen molar-refractivity contribution in [3.63, 3.8) is 0 Å². The summed E-state index contributed by atoms with van der Waals surface area (Å²) in [6.07, 6.45) is 5.86. The smallest absolute Gasteiger partial charge is 0.413 e. The number of aromatic nitrogens is 6. The molecule has 0 spiro atoms. The van der Waals surface area contributed by atoms with Gasteiger partial charge in [0.2, 0.25) is 0 Å². The van der Waals surface area contributed by atoms with Crippen LogP contribution in [-0.2, 0) is 17.8 Å². The van der Waals surface area contributed by atoms with E-state index in [0.29, 0.717) is 40.4 Å². The Morgan fingerprint density at radius 2 is 1.10 bits per heavy atom. The summed E-state index contributed by atoms with van der Waals surface area (Å²) in [6.45, 7) is 5.93. The zero-order chi connectivity index (χ0) is 43.1. The summed E-state index contributed by atoms with van der Waals surface area (Å²) in [5, 5.41) is 18.4. The normalized spacial score (nSPS) is 11.1. The van der Waals surface area contributed by atoms with Gasteiger partial charge in [-0.25, -0.2) is 32.9 Å². The number of nitrogens with two attached hydrogens (primary N) is 1. The first-order chi connectivity index (χ1) is 29.3. The molecule has 0 aliphatic heterocycles. The van der Waals surface area contributed by atoms with Crippen molar-refractivity contribution in [2.75, 3.05) is 11.1 Å². The van der Waals surface area contributed by atoms with Crippen LogP contribution in [0.15, 0.2) is 134 Å². The minimum atomic E-state index is -0.604. The van der Waals surface area contributed by atoms with E-state index in [9.17, 15) is 23.2 Å². The van der Waals surface area contributed by atoms with Crippen molar-refractivity contribution < 1.29 is 27.9 Å². The number of benzene rings is 4. The van der Waals surface area contributed by atoms with Gasteiger partial charge in [0.25, 0.3) is 11.8 Å². The largest absolute Gasteiger partial charge is 0.444 e. The molecule has 0 atom stereocenters. The van der Waals surface area contributed by atoms with Crippen molar-refractivity contribution in [3.05, 3.63) is 168 Å². The van der Waals surface area contributed by atoms with E-state index in [1.807, 2.05) is 18.2 Å². The van der Waals surface area contributed by atoms with Gasteiger partial charge in [0.05, 0.1) is 45.9 Å². The van der Waals surface area contributed by atoms with E-state index in [-0.39, 0.29) is 30.0 Å². The Morgan fingerprint density at radius 1 is 0.623 bits per heavy atom. The molecule has 8 rings (SSSR count). The molecule has 308 valence electrons. The Labute approximate surface area is 348 Å². The number of hydrogen-bond donors (Lipinski definition) is 4. The lowest BCUT2D eigenvalue weighted by Crippen LogP contribution is -2.27. The van der Waals surface area contributed by atoms with Crippen molar-refractivity contribution in [2.45, 2.75) is 39.5 Å². The van der Waals surface area contributed by atoms with E-state index < -0.39 is 11.7 Å². The predicted octanol–water partition coefficient (Wildman–Crippen LogP) is 7.91. The molecule has 0 fully saturated rings. The lowest BCUT2D eigenvalue weighted by Gasteiger charge is -2.19. The average molecular weight is 823 g/mol. The Morgan fingerprint density at radius 3 is 1.52 bits per heavy atom. The molecule has 8 aromatic rings. The highest BCUT2D eigenvalue weighted by atomic mass is 19.1. The van der Waals surface area contributed by atoms with Gasteiger partial charge in [-0.1, -0.05) is 24.3 Å². The van der Waals surface area contributed by atoms with Crippen LogP contribution in [0.1, 0.15) is 52.6 Å². The minimum absolute atomic E-state index is 0.212. The Bertz CT molecular complexity index is 2820. The molecule has 14 nitrogen and oxygen atoms in total. The molecule has 3 amide bonds. The molecule has 4 heterocycles. The number of hydrogen-bond acceptors (Lipinski definition) is 9. The van der Waals surface area contributed by atoms with Crippen molar-refractivity contribution >= 4 is 51.3 Å². The lowest BCUT2D eigenvalue weighted by atomic mass is 10.1. The molecule has 4 aromatic carbocycles. The van der Waals surface area contributed by atoms with Gasteiger partial charge >= 0.3 is 6.09 Å². The maximum Gasteiger partial charge on any atom is 0.413 e. The zero-order valence-corrected chi connectivity index (χ0v) is 33.3. The van der Waals surface area contributed by atoms with Gasteiger partial charge in [0, 0.05) is 36.3 Å². The number of pyridine rings is 2. The van der Waals surface area contributed by atoms with E-state index in [4.69, 9.17) is 10.5 Å². The van der Waals surface area contributed by atoms with Crippen molar-refractivity contribution in [3.8, 4) is 11.4 Å². The van der Waals surface area contributed by atoms with E-state index in [1.54, 1.807) is 122 Å². The van der Waals surface area contributed by atoms with Crippen molar-refractivity contribution in [1.82, 2.24) is 40.2 Å². The maximum absolute atomic E-state index is 13.3. The molecule has 0 radical (unpaired) electrons. The predicted molar refractivity (Wildman–Crippen MR) is 227 cm³/mol. The quantitative estimate of drug-likeness (QED) is 0.112. The number of halogens is 2. The molecule has 4 aromatic heterocycles. The third-order valence-corrected chi connectivity index (χ3v) is 9.07. The third kappa shape index (κ3) is 10.2. The van der Waals surface area contributed by atoms with Crippen LogP contribution in [0.25, 0.3) is 33.2 Å². The summed E-state index contributed by atoms with van der Waals surface area (Å²) in [5.74, 6) is -0.336. The first-order valence-corrected chi connectivity index (χ1v) is 19.0. The number of carbonyl (C=O) groups excluding carboxylic acids is 3. The monoisotopic (exact) mass is 822 g/mol. The fourth-order valence-corrected chi connectivity index (χ4v) is 6.18. The summed E-state index contributed by atoms with van der Waals surface area (Å²) >= 11 is 0. The van der Waals surface area contributed by atoms with Crippen LogP contribution in [0, 0.1) is 11.6 Å². The number of anilines is 2. The van der Waals surface area contributed by atoms with Crippen LogP contribution in [0.3, 0.4) is 0 Å². The van der Waals surface area contributed by atoms with Gasteiger partial charge in [0.1, 0.15) is 28.9 Å².